The van der Waals surface area contributed by atoms with Crippen LogP contribution in [-0.2, 0) is 14.4 Å². The molecule has 3 N–H and O–H groups in total. The second-order valence-electron chi connectivity index (χ2n) is 7.02. The minimum atomic E-state index is -1.19. The second-order valence-corrected chi connectivity index (χ2v) is 7.02. The van der Waals surface area contributed by atoms with Crippen molar-refractivity contribution in [3.05, 3.63) is 89.5 Å². The third kappa shape index (κ3) is 6.64. The number of nitrogens with one attached hydrogen (secondary N) is 2. The number of amides is 2. The van der Waals surface area contributed by atoms with Crippen LogP contribution in [0.3, 0.4) is 0 Å². The van der Waals surface area contributed by atoms with E-state index in [4.69, 9.17) is 14.6 Å². The maximum atomic E-state index is 14.1. The summed E-state index contributed by atoms with van der Waals surface area (Å²) in [5.41, 5.74) is -0.473. The number of hydrogen-bond donors (Lipinski definition) is 3. The quantitative estimate of drug-likeness (QED) is 0.240. The highest BCUT2D eigenvalue weighted by atomic mass is 19.1. The Hall–Kier alpha value is -4.73. The molecule has 2 amide bonds. The number of rotatable bonds is 9. The molecule has 10 heteroatoms. The number of hydrogen-bond acceptors (Lipinski definition) is 5. The van der Waals surface area contributed by atoms with E-state index in [0.717, 1.165) is 12.1 Å². The molecular weight excluding hydrogens is 462 g/mol. The van der Waals surface area contributed by atoms with Gasteiger partial charge in [0.05, 0.1) is 18.5 Å². The molecule has 3 rings (SSSR count). The van der Waals surface area contributed by atoms with Gasteiger partial charge in [-0.05, 0) is 48.0 Å². The van der Waals surface area contributed by atoms with Crippen LogP contribution in [0.25, 0.3) is 6.08 Å². The predicted molar refractivity (Wildman–Crippen MR) is 124 cm³/mol. The van der Waals surface area contributed by atoms with Crippen LogP contribution in [-0.4, -0.2) is 36.6 Å². The summed E-state index contributed by atoms with van der Waals surface area (Å²) in [5, 5.41) is 13.5. The summed E-state index contributed by atoms with van der Waals surface area (Å²) in [5.74, 6) is -4.24. The fourth-order valence-corrected chi connectivity index (χ4v) is 2.94. The van der Waals surface area contributed by atoms with Crippen molar-refractivity contribution in [3.8, 4) is 11.5 Å². The smallest absolute Gasteiger partial charge is 0.341 e. The number of benzene rings is 3. The minimum Gasteiger partial charge on any atom is -0.493 e. The normalized spacial score (nSPS) is 10.1. The van der Waals surface area contributed by atoms with Crippen molar-refractivity contribution in [1.29, 1.82) is 0 Å². The number of halogens is 2. The number of aliphatic carboxylic acids is 1. The van der Waals surface area contributed by atoms with E-state index in [9.17, 15) is 23.2 Å². The van der Waals surface area contributed by atoms with E-state index in [2.05, 4.69) is 10.6 Å². The van der Waals surface area contributed by atoms with E-state index >= 15 is 0 Å². The molecule has 0 unspecified atom stereocenters. The van der Waals surface area contributed by atoms with Crippen molar-refractivity contribution in [1.82, 2.24) is 0 Å². The number of para-hydroxylation sites is 2. The standard InChI is InChI=1S/C25H20F2N2O6/c1-34-22-13-15(10-11-21(22)35-14-23(30)31)12-16(24(32)28-19-8-4-2-6-17(19)26)25(33)29-20-9-5-3-7-18(20)27/h2-13H,14H2,1H3,(H,28,32)(H,29,33)(H,30,31). The maximum absolute atomic E-state index is 14.1. The van der Waals surface area contributed by atoms with Crippen LogP contribution in [0.5, 0.6) is 11.5 Å². The first-order chi connectivity index (χ1) is 16.8. The first-order valence-electron chi connectivity index (χ1n) is 10.1. The lowest BCUT2D eigenvalue weighted by Crippen LogP contribution is -2.26. The summed E-state index contributed by atoms with van der Waals surface area (Å²) in [7, 11) is 1.33. The zero-order valence-electron chi connectivity index (χ0n) is 18.4. The summed E-state index contributed by atoms with van der Waals surface area (Å²) in [6.45, 7) is -0.604. The molecule has 0 saturated heterocycles. The Balaban J connectivity index is 1.97. The van der Waals surface area contributed by atoms with Crippen LogP contribution in [0.4, 0.5) is 20.2 Å². The number of carboxylic acid groups (broad SMARTS) is 1. The molecule has 3 aromatic rings. The number of carboxylic acids is 1. The largest absolute Gasteiger partial charge is 0.493 e. The number of anilines is 2. The van der Waals surface area contributed by atoms with E-state index < -0.39 is 41.6 Å². The minimum absolute atomic E-state index is 0.125. The SMILES string of the molecule is COc1cc(C=C(C(=O)Nc2ccccc2F)C(=O)Nc2ccccc2F)ccc1OCC(=O)O. The second kappa shape index (κ2) is 11.4. The molecule has 0 spiro atoms. The van der Waals surface area contributed by atoms with Gasteiger partial charge in [0.25, 0.3) is 11.8 Å². The lowest BCUT2D eigenvalue weighted by Gasteiger charge is -2.13. The van der Waals surface area contributed by atoms with E-state index in [-0.39, 0.29) is 22.9 Å². The van der Waals surface area contributed by atoms with Crippen molar-refractivity contribution >= 4 is 35.2 Å². The van der Waals surface area contributed by atoms with Crippen molar-refractivity contribution in [2.45, 2.75) is 0 Å². The van der Waals surface area contributed by atoms with Gasteiger partial charge in [-0.25, -0.2) is 13.6 Å². The van der Waals surface area contributed by atoms with Crippen LogP contribution in [0.1, 0.15) is 5.56 Å². The van der Waals surface area contributed by atoms with Gasteiger partial charge in [-0.2, -0.15) is 0 Å². The predicted octanol–water partition coefficient (Wildman–Crippen LogP) is 4.10. The topological polar surface area (TPSA) is 114 Å². The Labute approximate surface area is 198 Å². The average molecular weight is 482 g/mol. The third-order valence-corrected chi connectivity index (χ3v) is 4.58. The third-order valence-electron chi connectivity index (χ3n) is 4.58. The first kappa shape index (κ1) is 24.9. The monoisotopic (exact) mass is 482 g/mol. The van der Waals surface area contributed by atoms with Crippen LogP contribution in [0, 0.1) is 11.6 Å². The number of ether oxygens (including phenoxy) is 2. The zero-order valence-corrected chi connectivity index (χ0v) is 18.4. The van der Waals surface area contributed by atoms with Gasteiger partial charge in [-0.1, -0.05) is 30.3 Å². The number of methoxy groups -OCH3 is 1. The lowest BCUT2D eigenvalue weighted by molar-refractivity contribution is -0.139. The van der Waals surface area contributed by atoms with Gasteiger partial charge in [-0.3, -0.25) is 9.59 Å². The molecule has 8 nitrogen and oxygen atoms in total. The molecular formula is C25H20F2N2O6. The molecule has 0 fully saturated rings. The van der Waals surface area contributed by atoms with Crippen molar-refractivity contribution in [2.75, 3.05) is 24.4 Å². The maximum Gasteiger partial charge on any atom is 0.341 e. The Morgan fingerprint density at radius 3 is 1.89 bits per heavy atom. The van der Waals surface area contributed by atoms with E-state index in [1.54, 1.807) is 0 Å². The molecule has 3 aromatic carbocycles. The van der Waals surface area contributed by atoms with Gasteiger partial charge < -0.3 is 25.2 Å². The molecule has 0 aliphatic carbocycles. The fraction of sp³-hybridized carbons (Fsp3) is 0.0800. The van der Waals surface area contributed by atoms with Crippen molar-refractivity contribution in [2.24, 2.45) is 0 Å². The highest BCUT2D eigenvalue weighted by Crippen LogP contribution is 2.29. The molecule has 0 heterocycles. The summed E-state index contributed by atoms with van der Waals surface area (Å²) in [6.07, 6.45) is 1.19. The van der Waals surface area contributed by atoms with Crippen LogP contribution in [0.2, 0.25) is 0 Å². The van der Waals surface area contributed by atoms with Gasteiger partial charge >= 0.3 is 5.97 Å². The molecule has 0 aliphatic rings. The zero-order chi connectivity index (χ0) is 25.4. The molecule has 0 aromatic heterocycles. The van der Waals surface area contributed by atoms with Crippen molar-refractivity contribution in [3.63, 3.8) is 0 Å². The molecule has 0 radical (unpaired) electrons. The lowest BCUT2D eigenvalue weighted by atomic mass is 10.1. The van der Waals surface area contributed by atoms with Gasteiger partial charge in [-0.15, -0.1) is 0 Å². The highest BCUT2D eigenvalue weighted by molar-refractivity contribution is 6.28. The van der Waals surface area contributed by atoms with Crippen LogP contribution < -0.4 is 20.1 Å². The first-order valence-corrected chi connectivity index (χ1v) is 10.1. The van der Waals surface area contributed by atoms with Gasteiger partial charge in [0.2, 0.25) is 0 Å². The number of carbonyl (C=O) groups is 3. The number of carbonyl (C=O) groups excluding carboxylic acids is 2. The van der Waals surface area contributed by atoms with Gasteiger partial charge in [0.1, 0.15) is 17.2 Å². The van der Waals surface area contributed by atoms with Gasteiger partial charge in [0, 0.05) is 0 Å². The van der Waals surface area contributed by atoms with E-state index in [1.165, 1.54) is 67.8 Å². The Morgan fingerprint density at radius 2 is 1.40 bits per heavy atom. The van der Waals surface area contributed by atoms with Crippen LogP contribution in [0.15, 0.2) is 72.3 Å². The molecule has 180 valence electrons. The molecule has 35 heavy (non-hydrogen) atoms. The Kier molecular flexibility index (Phi) is 8.12. The average Bonchev–Trinajstić information content (AvgIpc) is 2.84. The van der Waals surface area contributed by atoms with E-state index in [1.807, 2.05) is 0 Å². The molecule has 0 bridgehead atoms. The summed E-state index contributed by atoms with van der Waals surface area (Å²) < 4.78 is 38.5. The highest BCUT2D eigenvalue weighted by Gasteiger charge is 2.21. The van der Waals surface area contributed by atoms with Crippen molar-refractivity contribution < 1.29 is 37.7 Å². The summed E-state index contributed by atoms with van der Waals surface area (Å²) in [6, 6.07) is 15.0. The molecule has 0 saturated carbocycles. The summed E-state index contributed by atoms with van der Waals surface area (Å²) >= 11 is 0. The Bertz CT molecular complexity index is 1230. The Morgan fingerprint density at radius 1 is 0.857 bits per heavy atom. The van der Waals surface area contributed by atoms with Crippen LogP contribution >= 0.6 is 0 Å². The molecule has 0 aliphatic heterocycles. The summed E-state index contributed by atoms with van der Waals surface area (Å²) in [4.78, 5) is 36.7. The fourth-order valence-electron chi connectivity index (χ4n) is 2.94. The molecule has 0 atom stereocenters. The van der Waals surface area contributed by atoms with E-state index in [0.29, 0.717) is 5.56 Å². The van der Waals surface area contributed by atoms with Gasteiger partial charge in [0.15, 0.2) is 18.1 Å².